The second kappa shape index (κ2) is 6.04. The Balaban J connectivity index is 1.41. The number of rotatable bonds is 3. The fourth-order valence-corrected chi connectivity index (χ4v) is 4.14. The predicted molar refractivity (Wildman–Crippen MR) is 98.9 cm³/mol. The normalized spacial score (nSPS) is 18.6. The number of hydrogen-bond acceptors (Lipinski definition) is 4. The molecule has 0 radical (unpaired) electrons. The lowest BCUT2D eigenvalue weighted by molar-refractivity contribution is 0.465. The number of benzene rings is 1. The summed E-state index contributed by atoms with van der Waals surface area (Å²) in [5.74, 6) is 1.36. The molecule has 2 fully saturated rings. The molecule has 0 unspecified atom stereocenters. The number of aryl methyl sites for hydroxylation is 1. The maximum atomic E-state index is 14.2. The van der Waals surface area contributed by atoms with Gasteiger partial charge < -0.3 is 9.47 Å². The van der Waals surface area contributed by atoms with E-state index in [1.165, 1.54) is 18.9 Å². The van der Waals surface area contributed by atoms with Crippen molar-refractivity contribution in [3.05, 3.63) is 47.9 Å². The summed E-state index contributed by atoms with van der Waals surface area (Å²) < 4.78 is 16.5. The van der Waals surface area contributed by atoms with Gasteiger partial charge in [-0.05, 0) is 44.7 Å². The largest absolute Gasteiger partial charge is 0.371 e. The smallest absolute Gasteiger partial charge is 0.149 e. The monoisotopic (exact) mass is 351 g/mol. The van der Waals surface area contributed by atoms with E-state index in [0.29, 0.717) is 17.5 Å². The van der Waals surface area contributed by atoms with Crippen LogP contribution in [0.25, 0.3) is 10.9 Å². The fraction of sp³-hybridized carbons (Fsp3) is 0.450. The summed E-state index contributed by atoms with van der Waals surface area (Å²) >= 11 is 0. The van der Waals surface area contributed by atoms with Crippen LogP contribution in [0, 0.1) is 12.7 Å². The third kappa shape index (κ3) is 2.64. The molecule has 2 aliphatic rings. The Hall–Kier alpha value is -2.50. The Morgan fingerprint density at radius 1 is 1.12 bits per heavy atom. The summed E-state index contributed by atoms with van der Waals surface area (Å²) in [5.41, 5.74) is 2.42. The molecule has 1 saturated carbocycles. The summed E-state index contributed by atoms with van der Waals surface area (Å²) in [5, 5.41) is 9.46. The van der Waals surface area contributed by atoms with Crippen molar-refractivity contribution < 1.29 is 4.39 Å². The van der Waals surface area contributed by atoms with E-state index in [0.717, 1.165) is 48.5 Å². The molecule has 2 aromatic heterocycles. The summed E-state index contributed by atoms with van der Waals surface area (Å²) in [6.45, 7) is 3.81. The lowest BCUT2D eigenvalue weighted by Crippen LogP contribution is -2.34. The first kappa shape index (κ1) is 15.7. The highest BCUT2D eigenvalue weighted by atomic mass is 19.1. The molecule has 1 saturated heterocycles. The van der Waals surface area contributed by atoms with Crippen LogP contribution in [0.5, 0.6) is 0 Å². The number of para-hydroxylation sites is 1. The standard InChI is InChI=1S/C20H22FN5/c1-13-11-18(16-3-2-4-17(21)19(16)23-13)25-9-7-14(8-10-25)20-24-22-12-26(20)15-5-6-15/h2-4,11-12,14-15H,5-10H2,1H3. The molecule has 0 amide bonds. The lowest BCUT2D eigenvalue weighted by Gasteiger charge is -2.34. The van der Waals surface area contributed by atoms with E-state index in [-0.39, 0.29) is 5.82 Å². The number of aromatic nitrogens is 4. The number of nitrogens with zero attached hydrogens (tertiary/aromatic N) is 5. The Bertz CT molecular complexity index is 954. The van der Waals surface area contributed by atoms with Crippen molar-refractivity contribution in [2.24, 2.45) is 0 Å². The average molecular weight is 351 g/mol. The molecule has 0 N–H and O–H groups in total. The molecule has 0 atom stereocenters. The number of fused-ring (bicyclic) bond motifs is 1. The molecule has 1 aliphatic heterocycles. The molecule has 6 heteroatoms. The van der Waals surface area contributed by atoms with Gasteiger partial charge >= 0.3 is 0 Å². The topological polar surface area (TPSA) is 46.8 Å². The van der Waals surface area contributed by atoms with Gasteiger partial charge in [0.25, 0.3) is 0 Å². The Morgan fingerprint density at radius 2 is 1.92 bits per heavy atom. The summed E-state index contributed by atoms with van der Waals surface area (Å²) in [7, 11) is 0. The van der Waals surface area contributed by atoms with Crippen LogP contribution in [-0.2, 0) is 0 Å². The van der Waals surface area contributed by atoms with Gasteiger partial charge in [0, 0.05) is 41.8 Å². The van der Waals surface area contributed by atoms with Gasteiger partial charge in [0.1, 0.15) is 23.5 Å². The van der Waals surface area contributed by atoms with Crippen molar-refractivity contribution in [1.82, 2.24) is 19.7 Å². The van der Waals surface area contributed by atoms with Gasteiger partial charge in [-0.25, -0.2) is 9.37 Å². The zero-order valence-corrected chi connectivity index (χ0v) is 14.9. The number of anilines is 1. The Kier molecular flexibility index (Phi) is 3.65. The van der Waals surface area contributed by atoms with Crippen molar-refractivity contribution in [3.63, 3.8) is 0 Å². The second-order valence-corrected chi connectivity index (χ2v) is 7.51. The van der Waals surface area contributed by atoms with Gasteiger partial charge in [-0.3, -0.25) is 0 Å². The Morgan fingerprint density at radius 3 is 2.69 bits per heavy atom. The van der Waals surface area contributed by atoms with Crippen LogP contribution < -0.4 is 4.90 Å². The first-order valence-corrected chi connectivity index (χ1v) is 9.41. The molecule has 0 spiro atoms. The minimum absolute atomic E-state index is 0.250. The van der Waals surface area contributed by atoms with E-state index in [1.54, 1.807) is 6.07 Å². The summed E-state index contributed by atoms with van der Waals surface area (Å²) in [6.07, 6.45) is 6.48. The van der Waals surface area contributed by atoms with Crippen LogP contribution in [0.1, 0.15) is 49.2 Å². The van der Waals surface area contributed by atoms with Gasteiger partial charge in [0.15, 0.2) is 0 Å². The van der Waals surface area contributed by atoms with Crippen LogP contribution in [0.15, 0.2) is 30.6 Å². The van der Waals surface area contributed by atoms with E-state index in [2.05, 4.69) is 30.7 Å². The second-order valence-electron chi connectivity index (χ2n) is 7.51. The van der Waals surface area contributed by atoms with Crippen LogP contribution in [0.3, 0.4) is 0 Å². The highest BCUT2D eigenvalue weighted by molar-refractivity contribution is 5.92. The molecule has 5 rings (SSSR count). The van der Waals surface area contributed by atoms with E-state index < -0.39 is 0 Å². The van der Waals surface area contributed by atoms with E-state index in [1.807, 2.05) is 19.3 Å². The highest BCUT2D eigenvalue weighted by Gasteiger charge is 2.31. The van der Waals surface area contributed by atoms with Gasteiger partial charge in [0.05, 0.1) is 0 Å². The molecule has 134 valence electrons. The predicted octanol–water partition coefficient (Wildman–Crippen LogP) is 3.99. The molecule has 26 heavy (non-hydrogen) atoms. The molecule has 3 heterocycles. The van der Waals surface area contributed by atoms with Crippen LogP contribution in [0.4, 0.5) is 10.1 Å². The van der Waals surface area contributed by atoms with Gasteiger partial charge in [-0.1, -0.05) is 12.1 Å². The first-order chi connectivity index (χ1) is 12.7. The van der Waals surface area contributed by atoms with Crippen molar-refractivity contribution in [3.8, 4) is 0 Å². The maximum absolute atomic E-state index is 14.2. The minimum atomic E-state index is -0.250. The first-order valence-electron chi connectivity index (χ1n) is 9.41. The molecule has 1 aromatic carbocycles. The van der Waals surface area contributed by atoms with Crippen molar-refractivity contribution in [1.29, 1.82) is 0 Å². The van der Waals surface area contributed by atoms with E-state index in [9.17, 15) is 4.39 Å². The number of hydrogen-bond donors (Lipinski definition) is 0. The van der Waals surface area contributed by atoms with Gasteiger partial charge in [0.2, 0.25) is 0 Å². The number of pyridine rings is 1. The van der Waals surface area contributed by atoms with Crippen molar-refractivity contribution in [2.75, 3.05) is 18.0 Å². The Labute approximate surface area is 151 Å². The van der Waals surface area contributed by atoms with E-state index in [4.69, 9.17) is 0 Å². The zero-order valence-electron chi connectivity index (χ0n) is 14.9. The maximum Gasteiger partial charge on any atom is 0.149 e. The molecular weight excluding hydrogens is 329 g/mol. The van der Waals surface area contributed by atoms with Crippen LogP contribution in [0.2, 0.25) is 0 Å². The van der Waals surface area contributed by atoms with E-state index >= 15 is 0 Å². The quantitative estimate of drug-likeness (QED) is 0.716. The lowest BCUT2D eigenvalue weighted by atomic mass is 9.95. The molecule has 5 nitrogen and oxygen atoms in total. The SMILES string of the molecule is Cc1cc(N2CCC(c3nncn3C3CC3)CC2)c2cccc(F)c2n1. The number of halogens is 1. The molecular formula is C20H22FN5. The summed E-state index contributed by atoms with van der Waals surface area (Å²) in [6, 6.07) is 7.91. The zero-order chi connectivity index (χ0) is 17.7. The fourth-order valence-electron chi connectivity index (χ4n) is 4.14. The molecule has 0 bridgehead atoms. The summed E-state index contributed by atoms with van der Waals surface area (Å²) in [4.78, 5) is 6.77. The molecule has 1 aliphatic carbocycles. The third-order valence-corrected chi connectivity index (χ3v) is 5.64. The minimum Gasteiger partial charge on any atom is -0.371 e. The van der Waals surface area contributed by atoms with Crippen LogP contribution >= 0.6 is 0 Å². The van der Waals surface area contributed by atoms with Gasteiger partial charge in [-0.2, -0.15) is 0 Å². The van der Waals surface area contributed by atoms with Crippen LogP contribution in [-0.4, -0.2) is 32.8 Å². The highest BCUT2D eigenvalue weighted by Crippen LogP contribution is 2.39. The van der Waals surface area contributed by atoms with Crippen molar-refractivity contribution >= 4 is 16.6 Å². The van der Waals surface area contributed by atoms with Crippen molar-refractivity contribution in [2.45, 2.75) is 44.6 Å². The van der Waals surface area contributed by atoms with Gasteiger partial charge in [-0.15, -0.1) is 10.2 Å². The average Bonchev–Trinajstić information content (AvgIpc) is 3.39. The molecule has 3 aromatic rings. The third-order valence-electron chi connectivity index (χ3n) is 5.64. The number of piperidine rings is 1.